The lowest BCUT2D eigenvalue weighted by atomic mass is 9.74. The first-order valence-electron chi connectivity index (χ1n) is 5.76. The zero-order valence-electron chi connectivity index (χ0n) is 9.70. The molecule has 0 atom stereocenters. The summed E-state index contributed by atoms with van der Waals surface area (Å²) in [5.41, 5.74) is 1.39. The van der Waals surface area contributed by atoms with Crippen LogP contribution >= 0.6 is 0 Å². The molecule has 0 spiro atoms. The SMILES string of the molecule is COCC1(c2ccc(O)cc2)CCNCC1. The third kappa shape index (κ3) is 2.20. The maximum Gasteiger partial charge on any atom is 0.115 e. The average Bonchev–Trinajstić information content (AvgIpc) is 2.31. The molecule has 0 saturated carbocycles. The number of aromatic hydroxyl groups is 1. The van der Waals surface area contributed by atoms with Gasteiger partial charge in [-0.05, 0) is 43.6 Å². The third-order valence-corrected chi connectivity index (χ3v) is 3.46. The van der Waals surface area contributed by atoms with Crippen molar-refractivity contribution in [2.45, 2.75) is 18.3 Å². The van der Waals surface area contributed by atoms with Gasteiger partial charge in [0.05, 0.1) is 6.61 Å². The Labute approximate surface area is 96.4 Å². The fraction of sp³-hybridized carbons (Fsp3) is 0.538. The van der Waals surface area contributed by atoms with Crippen molar-refractivity contribution in [3.63, 3.8) is 0 Å². The van der Waals surface area contributed by atoms with Gasteiger partial charge in [-0.15, -0.1) is 0 Å². The third-order valence-electron chi connectivity index (χ3n) is 3.46. The van der Waals surface area contributed by atoms with Crippen LogP contribution in [0.4, 0.5) is 0 Å². The van der Waals surface area contributed by atoms with Crippen LogP contribution in [0.3, 0.4) is 0 Å². The Morgan fingerprint density at radius 1 is 1.25 bits per heavy atom. The second-order valence-corrected chi connectivity index (χ2v) is 4.51. The van der Waals surface area contributed by atoms with Gasteiger partial charge < -0.3 is 15.2 Å². The summed E-state index contributed by atoms with van der Waals surface area (Å²) in [6.45, 7) is 2.81. The highest BCUT2D eigenvalue weighted by Crippen LogP contribution is 2.34. The molecule has 88 valence electrons. The zero-order chi connectivity index (χ0) is 11.4. The topological polar surface area (TPSA) is 41.5 Å². The van der Waals surface area contributed by atoms with E-state index in [4.69, 9.17) is 4.74 Å². The highest BCUT2D eigenvalue weighted by molar-refractivity contribution is 5.32. The Morgan fingerprint density at radius 3 is 2.44 bits per heavy atom. The number of phenols is 1. The van der Waals surface area contributed by atoms with Gasteiger partial charge in [-0.25, -0.2) is 0 Å². The summed E-state index contributed by atoms with van der Waals surface area (Å²) >= 11 is 0. The number of hydrogen-bond acceptors (Lipinski definition) is 3. The molecule has 3 heteroatoms. The average molecular weight is 221 g/mol. The summed E-state index contributed by atoms with van der Waals surface area (Å²) < 4.78 is 5.38. The van der Waals surface area contributed by atoms with Gasteiger partial charge in [-0.3, -0.25) is 0 Å². The van der Waals surface area contributed by atoms with E-state index < -0.39 is 0 Å². The second kappa shape index (κ2) is 4.85. The van der Waals surface area contributed by atoms with Crippen molar-refractivity contribution in [2.75, 3.05) is 26.8 Å². The van der Waals surface area contributed by atoms with E-state index in [0.29, 0.717) is 5.75 Å². The monoisotopic (exact) mass is 221 g/mol. The molecule has 1 heterocycles. The lowest BCUT2D eigenvalue weighted by Gasteiger charge is -2.37. The molecule has 0 unspecified atom stereocenters. The molecule has 2 N–H and O–H groups in total. The molecule has 1 aromatic carbocycles. The summed E-state index contributed by atoms with van der Waals surface area (Å²) in [6.07, 6.45) is 2.18. The molecule has 0 aromatic heterocycles. The smallest absolute Gasteiger partial charge is 0.115 e. The number of ether oxygens (including phenoxy) is 1. The minimum Gasteiger partial charge on any atom is -0.508 e. The first-order chi connectivity index (χ1) is 7.77. The van der Waals surface area contributed by atoms with Crippen LogP contribution in [0.2, 0.25) is 0 Å². The summed E-state index contributed by atoms with van der Waals surface area (Å²) in [5.74, 6) is 0.324. The van der Waals surface area contributed by atoms with Crippen molar-refractivity contribution in [2.24, 2.45) is 0 Å². The Bertz CT molecular complexity index is 323. The van der Waals surface area contributed by atoms with Crippen molar-refractivity contribution in [3.05, 3.63) is 29.8 Å². The van der Waals surface area contributed by atoms with Gasteiger partial charge in [0.1, 0.15) is 5.75 Å². The zero-order valence-corrected chi connectivity index (χ0v) is 9.70. The van der Waals surface area contributed by atoms with E-state index >= 15 is 0 Å². The Balaban J connectivity index is 2.26. The first-order valence-corrected chi connectivity index (χ1v) is 5.76. The predicted octanol–water partition coefficient (Wildman–Crippen LogP) is 1.66. The van der Waals surface area contributed by atoms with Crippen LogP contribution in [0.25, 0.3) is 0 Å². The second-order valence-electron chi connectivity index (χ2n) is 4.51. The molecule has 1 saturated heterocycles. The molecule has 1 aromatic rings. The molecule has 16 heavy (non-hydrogen) atoms. The standard InChI is InChI=1S/C13H19NO2/c1-16-10-13(6-8-14-9-7-13)11-2-4-12(15)5-3-11/h2-5,14-15H,6-10H2,1H3. The number of phenolic OH excluding ortho intramolecular Hbond substituents is 1. The Hall–Kier alpha value is -1.06. The Kier molecular flexibility index (Phi) is 3.46. The van der Waals surface area contributed by atoms with Crippen LogP contribution in [-0.4, -0.2) is 31.9 Å². The summed E-state index contributed by atoms with van der Waals surface area (Å²) in [5, 5.41) is 12.7. The maximum atomic E-state index is 9.33. The van der Waals surface area contributed by atoms with Crippen LogP contribution in [0.5, 0.6) is 5.75 Å². The van der Waals surface area contributed by atoms with Gasteiger partial charge in [0.2, 0.25) is 0 Å². The molecule has 0 aliphatic carbocycles. The lowest BCUT2D eigenvalue weighted by Crippen LogP contribution is -2.42. The molecule has 1 aliphatic heterocycles. The van der Waals surface area contributed by atoms with E-state index in [2.05, 4.69) is 5.32 Å². The van der Waals surface area contributed by atoms with Crippen molar-refractivity contribution in [1.29, 1.82) is 0 Å². The van der Waals surface area contributed by atoms with E-state index in [0.717, 1.165) is 32.5 Å². The van der Waals surface area contributed by atoms with Gasteiger partial charge in [-0.1, -0.05) is 12.1 Å². The first kappa shape index (κ1) is 11.4. The molecule has 0 radical (unpaired) electrons. The number of methoxy groups -OCH3 is 1. The van der Waals surface area contributed by atoms with E-state index in [1.54, 1.807) is 19.2 Å². The highest BCUT2D eigenvalue weighted by Gasteiger charge is 2.33. The minimum absolute atomic E-state index is 0.119. The molecular formula is C13H19NO2. The van der Waals surface area contributed by atoms with E-state index in [-0.39, 0.29) is 5.41 Å². The van der Waals surface area contributed by atoms with Gasteiger partial charge in [-0.2, -0.15) is 0 Å². The van der Waals surface area contributed by atoms with Crippen LogP contribution in [0.1, 0.15) is 18.4 Å². The fourth-order valence-electron chi connectivity index (χ4n) is 2.51. The van der Waals surface area contributed by atoms with Crippen molar-refractivity contribution >= 4 is 0 Å². The summed E-state index contributed by atoms with van der Waals surface area (Å²) in [6, 6.07) is 7.54. The maximum absolute atomic E-state index is 9.33. The minimum atomic E-state index is 0.119. The number of rotatable bonds is 3. The van der Waals surface area contributed by atoms with E-state index in [1.165, 1.54) is 5.56 Å². The van der Waals surface area contributed by atoms with E-state index in [9.17, 15) is 5.11 Å². The van der Waals surface area contributed by atoms with Gasteiger partial charge in [0, 0.05) is 12.5 Å². The normalized spacial score (nSPS) is 19.6. The van der Waals surface area contributed by atoms with Crippen LogP contribution in [0, 0.1) is 0 Å². The molecule has 1 fully saturated rings. The number of piperidine rings is 1. The molecule has 3 nitrogen and oxygen atoms in total. The van der Waals surface area contributed by atoms with Crippen LogP contribution in [-0.2, 0) is 10.2 Å². The fourth-order valence-corrected chi connectivity index (χ4v) is 2.51. The van der Waals surface area contributed by atoms with E-state index in [1.807, 2.05) is 12.1 Å². The summed E-state index contributed by atoms with van der Waals surface area (Å²) in [7, 11) is 1.75. The summed E-state index contributed by atoms with van der Waals surface area (Å²) in [4.78, 5) is 0. The largest absolute Gasteiger partial charge is 0.508 e. The van der Waals surface area contributed by atoms with Crippen molar-refractivity contribution in [3.8, 4) is 5.75 Å². The number of benzene rings is 1. The van der Waals surface area contributed by atoms with Crippen LogP contribution in [0.15, 0.2) is 24.3 Å². The molecule has 2 rings (SSSR count). The Morgan fingerprint density at radius 2 is 1.88 bits per heavy atom. The van der Waals surface area contributed by atoms with Crippen molar-refractivity contribution < 1.29 is 9.84 Å². The van der Waals surface area contributed by atoms with Gasteiger partial charge >= 0.3 is 0 Å². The van der Waals surface area contributed by atoms with Gasteiger partial charge in [0.15, 0.2) is 0 Å². The predicted molar refractivity (Wildman–Crippen MR) is 63.8 cm³/mol. The molecule has 0 amide bonds. The molecular weight excluding hydrogens is 202 g/mol. The quantitative estimate of drug-likeness (QED) is 0.815. The number of hydrogen-bond donors (Lipinski definition) is 2. The van der Waals surface area contributed by atoms with Crippen LogP contribution < -0.4 is 5.32 Å². The molecule has 0 bridgehead atoms. The lowest BCUT2D eigenvalue weighted by molar-refractivity contribution is 0.108. The number of nitrogens with one attached hydrogen (secondary N) is 1. The molecule has 1 aliphatic rings. The highest BCUT2D eigenvalue weighted by atomic mass is 16.5. The van der Waals surface area contributed by atoms with Crippen molar-refractivity contribution in [1.82, 2.24) is 5.32 Å². The van der Waals surface area contributed by atoms with Gasteiger partial charge in [0.25, 0.3) is 0 Å².